The van der Waals surface area contributed by atoms with Gasteiger partial charge >= 0.3 is 0 Å². The second-order valence-electron chi connectivity index (χ2n) is 8.88. The Hall–Kier alpha value is -3.16. The van der Waals surface area contributed by atoms with Crippen molar-refractivity contribution in [1.29, 1.82) is 0 Å². The molecule has 2 amide bonds. The Bertz CT molecular complexity index is 1150. The van der Waals surface area contributed by atoms with Crippen molar-refractivity contribution in [2.75, 3.05) is 19.6 Å². The van der Waals surface area contributed by atoms with Crippen molar-refractivity contribution in [3.05, 3.63) is 71.4 Å². The third-order valence-corrected chi connectivity index (χ3v) is 6.75. The van der Waals surface area contributed by atoms with Crippen LogP contribution >= 0.6 is 0 Å². The second-order valence-corrected chi connectivity index (χ2v) is 8.88. The van der Waals surface area contributed by atoms with E-state index in [0.29, 0.717) is 25.1 Å². The molecule has 0 spiro atoms. The Morgan fingerprint density at radius 2 is 1.78 bits per heavy atom. The molecule has 2 aliphatic heterocycles. The fourth-order valence-electron chi connectivity index (χ4n) is 5.03. The van der Waals surface area contributed by atoms with Gasteiger partial charge in [-0.1, -0.05) is 24.3 Å². The number of nitrogens with two attached hydrogens (primary N) is 1. The van der Waals surface area contributed by atoms with E-state index in [1.807, 2.05) is 22.9 Å². The molecule has 0 radical (unpaired) electrons. The Labute approximate surface area is 187 Å². The molecule has 0 saturated carbocycles. The second kappa shape index (κ2) is 8.41. The van der Waals surface area contributed by atoms with Crippen LogP contribution < -0.4 is 5.73 Å². The summed E-state index contributed by atoms with van der Waals surface area (Å²) < 4.78 is 2.00. The number of carbonyl (C=O) groups is 2. The fraction of sp³-hybridized carbons (Fsp3) is 0.360. The van der Waals surface area contributed by atoms with Gasteiger partial charge in [0.1, 0.15) is 0 Å². The molecule has 32 heavy (non-hydrogen) atoms. The van der Waals surface area contributed by atoms with Crippen molar-refractivity contribution in [2.24, 2.45) is 5.73 Å². The lowest BCUT2D eigenvalue weighted by Crippen LogP contribution is -2.30. The molecule has 5 rings (SSSR count). The van der Waals surface area contributed by atoms with E-state index < -0.39 is 12.0 Å². The zero-order chi connectivity index (χ0) is 22.2. The molecule has 2 aliphatic rings. The average Bonchev–Trinajstić information content (AvgIpc) is 3.48. The van der Waals surface area contributed by atoms with Gasteiger partial charge in [0.2, 0.25) is 11.8 Å². The van der Waals surface area contributed by atoms with Crippen molar-refractivity contribution < 1.29 is 14.7 Å². The summed E-state index contributed by atoms with van der Waals surface area (Å²) in [5.41, 5.74) is 9.51. The van der Waals surface area contributed by atoms with Gasteiger partial charge in [0.15, 0.2) is 0 Å². The van der Waals surface area contributed by atoms with E-state index in [1.165, 1.54) is 11.1 Å². The number of hydrogen-bond donors (Lipinski definition) is 2. The van der Waals surface area contributed by atoms with Crippen LogP contribution in [0, 0.1) is 0 Å². The fourth-order valence-corrected chi connectivity index (χ4v) is 5.03. The van der Waals surface area contributed by atoms with Crippen LogP contribution in [0.1, 0.15) is 40.4 Å². The number of primary amides is 1. The number of aliphatic hydroxyl groups excluding tert-OH is 1. The molecule has 0 aliphatic carbocycles. The molecule has 2 aromatic carbocycles. The maximum atomic E-state index is 12.8. The van der Waals surface area contributed by atoms with Crippen LogP contribution in [0.15, 0.2) is 54.7 Å². The van der Waals surface area contributed by atoms with Gasteiger partial charge in [0.25, 0.3) is 0 Å². The van der Waals surface area contributed by atoms with E-state index in [1.54, 1.807) is 17.0 Å². The molecule has 166 valence electrons. The third-order valence-electron chi connectivity index (χ3n) is 6.75. The minimum atomic E-state index is -0.626. The highest BCUT2D eigenvalue weighted by Gasteiger charge is 2.35. The Balaban J connectivity index is 1.18. The molecule has 2 atom stereocenters. The maximum Gasteiger partial charge on any atom is 0.248 e. The highest BCUT2D eigenvalue weighted by Crippen LogP contribution is 2.29. The maximum absolute atomic E-state index is 12.8. The van der Waals surface area contributed by atoms with Crippen LogP contribution in [0.3, 0.4) is 0 Å². The largest absolute Gasteiger partial charge is 0.389 e. The zero-order valence-electron chi connectivity index (χ0n) is 18.0. The first-order valence-corrected chi connectivity index (χ1v) is 11.1. The zero-order valence-corrected chi connectivity index (χ0v) is 18.0. The lowest BCUT2D eigenvalue weighted by atomic mass is 10.1. The molecule has 3 aromatic rings. The van der Waals surface area contributed by atoms with Crippen LogP contribution in [0.2, 0.25) is 0 Å². The number of likely N-dealkylation sites (tertiary alicyclic amines) is 1. The van der Waals surface area contributed by atoms with Crippen LogP contribution in [-0.4, -0.2) is 57.0 Å². The monoisotopic (exact) mass is 432 g/mol. The topological polar surface area (TPSA) is 91.8 Å². The highest BCUT2D eigenvalue weighted by molar-refractivity contribution is 5.97. The Kier molecular flexibility index (Phi) is 5.45. The van der Waals surface area contributed by atoms with Crippen molar-refractivity contribution in [2.45, 2.75) is 38.1 Å². The quantitative estimate of drug-likeness (QED) is 0.625. The number of carbonyl (C=O) groups excluding carboxylic acids is 2. The summed E-state index contributed by atoms with van der Waals surface area (Å²) in [7, 11) is 0. The Morgan fingerprint density at radius 3 is 2.50 bits per heavy atom. The van der Waals surface area contributed by atoms with Crippen LogP contribution in [0.4, 0.5) is 0 Å². The van der Waals surface area contributed by atoms with Crippen molar-refractivity contribution >= 4 is 22.7 Å². The highest BCUT2D eigenvalue weighted by atomic mass is 16.3. The van der Waals surface area contributed by atoms with E-state index in [-0.39, 0.29) is 11.9 Å². The summed E-state index contributed by atoms with van der Waals surface area (Å²) in [4.78, 5) is 28.4. The summed E-state index contributed by atoms with van der Waals surface area (Å²) in [6.07, 6.45) is 2.58. The average molecular weight is 433 g/mol. The summed E-state index contributed by atoms with van der Waals surface area (Å²) in [5.74, 6) is -0.370. The summed E-state index contributed by atoms with van der Waals surface area (Å²) >= 11 is 0. The number of amides is 2. The molecular weight excluding hydrogens is 404 g/mol. The van der Waals surface area contributed by atoms with Crippen LogP contribution in [-0.2, 0) is 17.9 Å². The normalized spacial score (nSPS) is 20.7. The van der Waals surface area contributed by atoms with E-state index in [2.05, 4.69) is 29.2 Å². The molecule has 0 bridgehead atoms. The first-order chi connectivity index (χ1) is 15.5. The minimum absolute atomic E-state index is 0.0933. The van der Waals surface area contributed by atoms with Gasteiger partial charge in [-0.05, 0) is 48.4 Å². The van der Waals surface area contributed by atoms with Crippen LogP contribution in [0.5, 0.6) is 0 Å². The molecule has 1 saturated heterocycles. The number of fused-ring (bicyclic) bond motifs is 2. The van der Waals surface area contributed by atoms with Gasteiger partial charge in [0.05, 0.1) is 12.1 Å². The number of aliphatic hydroxyl groups is 1. The van der Waals surface area contributed by atoms with Gasteiger partial charge in [-0.25, -0.2) is 0 Å². The molecule has 7 heteroatoms. The number of β-amino-alcohol motifs (C(OH)–C–C–N with tert-alkyl or cyclic N) is 1. The summed E-state index contributed by atoms with van der Waals surface area (Å²) in [6.45, 7) is 3.62. The molecule has 1 fully saturated rings. The standard InChI is InChI=1S/C25H28N4O3/c26-25(32)18-7-8-21-17(12-18)9-11-29(21)22-15-28(16-23(22)30)24(31)6-3-10-27-13-19-4-1-2-5-20(19)14-27/h1-2,4-5,7-9,11-12,22-23,30H,3,6,10,13-16H2,(H2,26,32)/t22-,23-/m1/s1. The number of rotatable bonds is 6. The van der Waals surface area contributed by atoms with E-state index in [9.17, 15) is 14.7 Å². The van der Waals surface area contributed by atoms with Crippen molar-refractivity contribution in [3.8, 4) is 0 Å². The first kappa shape index (κ1) is 20.7. The summed E-state index contributed by atoms with van der Waals surface area (Å²) in [6, 6.07) is 15.5. The van der Waals surface area contributed by atoms with Gasteiger partial charge in [-0.2, -0.15) is 0 Å². The van der Waals surface area contributed by atoms with E-state index in [4.69, 9.17) is 5.73 Å². The first-order valence-electron chi connectivity index (χ1n) is 11.1. The number of aromatic nitrogens is 1. The van der Waals surface area contributed by atoms with E-state index >= 15 is 0 Å². The van der Waals surface area contributed by atoms with Crippen LogP contribution in [0.25, 0.3) is 10.9 Å². The van der Waals surface area contributed by atoms with E-state index in [0.717, 1.165) is 37.0 Å². The predicted molar refractivity (Wildman–Crippen MR) is 122 cm³/mol. The van der Waals surface area contributed by atoms with Gasteiger partial charge in [-0.15, -0.1) is 0 Å². The molecule has 3 N–H and O–H groups in total. The smallest absolute Gasteiger partial charge is 0.248 e. The minimum Gasteiger partial charge on any atom is -0.389 e. The number of hydrogen-bond acceptors (Lipinski definition) is 4. The molecule has 1 aromatic heterocycles. The van der Waals surface area contributed by atoms with Crippen molar-refractivity contribution in [1.82, 2.24) is 14.4 Å². The molecule has 7 nitrogen and oxygen atoms in total. The molecule has 3 heterocycles. The Morgan fingerprint density at radius 1 is 1.03 bits per heavy atom. The number of benzene rings is 2. The van der Waals surface area contributed by atoms with Gasteiger partial charge in [0, 0.05) is 55.3 Å². The molecular formula is C25H28N4O3. The van der Waals surface area contributed by atoms with Gasteiger partial charge in [-0.3, -0.25) is 14.5 Å². The number of nitrogens with zero attached hydrogens (tertiary/aromatic N) is 3. The molecule has 0 unspecified atom stereocenters. The SMILES string of the molecule is NC(=O)c1ccc2c(ccn2[C@@H]2CN(C(=O)CCCN3Cc4ccccc4C3)C[C@H]2O)c1. The third kappa shape index (κ3) is 3.89. The summed E-state index contributed by atoms with van der Waals surface area (Å²) in [5, 5.41) is 11.6. The lowest BCUT2D eigenvalue weighted by Gasteiger charge is -2.19. The van der Waals surface area contributed by atoms with Gasteiger partial charge < -0.3 is 20.3 Å². The predicted octanol–water partition coefficient (Wildman–Crippen LogP) is 2.28. The van der Waals surface area contributed by atoms with Crippen molar-refractivity contribution in [3.63, 3.8) is 0 Å². The lowest BCUT2D eigenvalue weighted by molar-refractivity contribution is -0.130.